The van der Waals surface area contributed by atoms with E-state index in [1.165, 1.54) is 71.3 Å². The standard InChI is InChI=1S/C97H96BN5O2/c1-56(2)57-23-21-24-58(43-57)61-46-78(100-90(47-61)103-83-52-66(96(15,16)17)31-37-71(83)72-38-32-67(53-84(72)103)97(18,19)20)60-28-42-86-76(45-60)98-75-44-59(77-25-22-26-89(99-77)102-81-50-64(94(9,10)11)29-35-69(81)70-36-30-65(51-82(70)102)95(12,13)14)27-41-85(75)104-87-54-68(55-88(105-86)91(87)98)101-79-39-33-62(92(3,4)5)48-73(79)74-49-63(93(6,7)8)34-40-80(74)101/h21-56H,1-20H3. The monoisotopic (exact) mass is 1370 g/mol. The summed E-state index contributed by atoms with van der Waals surface area (Å²) >= 11 is 0. The van der Waals surface area contributed by atoms with E-state index in [-0.39, 0.29) is 39.2 Å². The summed E-state index contributed by atoms with van der Waals surface area (Å²) in [6.45, 7) is 45.6. The average molecular weight is 1370 g/mol. The summed E-state index contributed by atoms with van der Waals surface area (Å²) in [5.41, 5.74) is 25.4. The van der Waals surface area contributed by atoms with Crippen molar-refractivity contribution in [3.8, 4) is 74.0 Å². The third-order valence-corrected chi connectivity index (χ3v) is 22.7. The summed E-state index contributed by atoms with van der Waals surface area (Å²) in [6.07, 6.45) is 0. The first-order chi connectivity index (χ1) is 49.6. The van der Waals surface area contributed by atoms with Crippen LogP contribution >= 0.6 is 0 Å². The highest BCUT2D eigenvalue weighted by Crippen LogP contribution is 2.46. The van der Waals surface area contributed by atoms with Gasteiger partial charge in [-0.1, -0.05) is 242 Å². The molecule has 0 saturated carbocycles. The number of hydrogen-bond donors (Lipinski definition) is 0. The van der Waals surface area contributed by atoms with Crippen molar-refractivity contribution in [1.82, 2.24) is 23.7 Å². The molecule has 2 aliphatic heterocycles. The molecule has 0 unspecified atom stereocenters. The van der Waals surface area contributed by atoms with Crippen molar-refractivity contribution in [1.29, 1.82) is 0 Å². The summed E-state index contributed by atoms with van der Waals surface area (Å²) in [5.74, 6) is 5.16. The molecule has 0 saturated heterocycles. The number of rotatable bonds is 7. The number of nitrogens with zero attached hydrogens (tertiary/aromatic N) is 5. The molecule has 0 bridgehead atoms. The van der Waals surface area contributed by atoms with Crippen LogP contribution in [0.4, 0.5) is 0 Å². The minimum Gasteiger partial charge on any atom is -0.458 e. The molecule has 0 N–H and O–H groups in total. The second kappa shape index (κ2) is 23.5. The first-order valence-electron chi connectivity index (χ1n) is 37.8. The number of hydrogen-bond acceptors (Lipinski definition) is 4. The van der Waals surface area contributed by atoms with E-state index in [9.17, 15) is 0 Å². The number of aromatic nitrogens is 5. The van der Waals surface area contributed by atoms with Gasteiger partial charge in [0, 0.05) is 49.9 Å². The van der Waals surface area contributed by atoms with E-state index in [2.05, 4.69) is 364 Å². The number of ether oxygens (including phenoxy) is 2. The van der Waals surface area contributed by atoms with Crippen LogP contribution in [-0.4, -0.2) is 30.4 Å². The summed E-state index contributed by atoms with van der Waals surface area (Å²) in [6, 6.07) is 80.3. The van der Waals surface area contributed by atoms with E-state index in [1.54, 1.807) is 0 Å². The van der Waals surface area contributed by atoms with Gasteiger partial charge in [0.25, 0.3) is 6.71 Å². The van der Waals surface area contributed by atoms with Crippen LogP contribution in [-0.2, 0) is 32.5 Å². The van der Waals surface area contributed by atoms with E-state index in [0.29, 0.717) is 5.92 Å². The molecule has 0 amide bonds. The molecule has 7 nitrogen and oxygen atoms in total. The summed E-state index contributed by atoms with van der Waals surface area (Å²) < 4.78 is 22.2. The van der Waals surface area contributed by atoms with Crippen LogP contribution in [0.2, 0.25) is 0 Å². The largest absolute Gasteiger partial charge is 0.458 e. The second-order valence-electron chi connectivity index (χ2n) is 36.7. The third kappa shape index (κ3) is 11.5. The molecule has 8 heteroatoms. The highest BCUT2D eigenvalue weighted by molar-refractivity contribution is 6.98. The number of pyridine rings is 2. The molecule has 0 radical (unpaired) electrons. The zero-order valence-corrected chi connectivity index (χ0v) is 64.9. The van der Waals surface area contributed by atoms with Gasteiger partial charge in [0.15, 0.2) is 0 Å². The maximum Gasteiger partial charge on any atom is 0.260 e. The fourth-order valence-electron chi connectivity index (χ4n) is 16.3. The molecule has 5 aromatic heterocycles. The molecule has 2 aliphatic rings. The van der Waals surface area contributed by atoms with E-state index >= 15 is 0 Å². The molecule has 0 fully saturated rings. The van der Waals surface area contributed by atoms with Crippen molar-refractivity contribution < 1.29 is 9.47 Å². The zero-order valence-electron chi connectivity index (χ0n) is 64.9. The van der Waals surface area contributed by atoms with Crippen LogP contribution in [0.5, 0.6) is 23.0 Å². The van der Waals surface area contributed by atoms with Gasteiger partial charge in [-0.2, -0.15) is 0 Å². The maximum atomic E-state index is 7.47. The predicted octanol–water partition coefficient (Wildman–Crippen LogP) is 24.4. The molecule has 15 aromatic rings. The van der Waals surface area contributed by atoms with Gasteiger partial charge >= 0.3 is 0 Å². The Bertz CT molecular complexity index is 5910. The highest BCUT2D eigenvalue weighted by atomic mass is 16.5. The molecular weight excluding hydrogens is 1280 g/mol. The molecule has 524 valence electrons. The lowest BCUT2D eigenvalue weighted by atomic mass is 9.34. The average Bonchev–Trinajstić information content (AvgIpc) is 1.65. The molecule has 17 rings (SSSR count). The zero-order chi connectivity index (χ0) is 73.7. The van der Waals surface area contributed by atoms with Gasteiger partial charge in [-0.25, -0.2) is 9.97 Å². The van der Waals surface area contributed by atoms with Gasteiger partial charge in [-0.15, -0.1) is 0 Å². The van der Waals surface area contributed by atoms with Crippen LogP contribution in [0.1, 0.15) is 183 Å². The topological polar surface area (TPSA) is 59.0 Å². The molecule has 10 aromatic carbocycles. The van der Waals surface area contributed by atoms with E-state index < -0.39 is 0 Å². The Morgan fingerprint density at radius 1 is 0.295 bits per heavy atom. The van der Waals surface area contributed by atoms with Gasteiger partial charge < -0.3 is 14.0 Å². The van der Waals surface area contributed by atoms with E-state index in [0.717, 1.165) is 123 Å². The summed E-state index contributed by atoms with van der Waals surface area (Å²) in [5, 5.41) is 7.28. The molecule has 0 atom stereocenters. The Morgan fingerprint density at radius 3 is 1.13 bits per heavy atom. The van der Waals surface area contributed by atoms with Crippen LogP contribution in [0, 0.1) is 0 Å². The Labute approximate surface area is 620 Å². The van der Waals surface area contributed by atoms with E-state index in [1.807, 2.05) is 0 Å². The fraction of sp³-hybridized carbons (Fsp3) is 0.278. The first-order valence-corrected chi connectivity index (χ1v) is 37.8. The summed E-state index contributed by atoms with van der Waals surface area (Å²) in [4.78, 5) is 11.6. The normalized spacial score (nSPS) is 13.6. The summed E-state index contributed by atoms with van der Waals surface area (Å²) in [7, 11) is 0. The third-order valence-electron chi connectivity index (χ3n) is 22.7. The lowest BCUT2D eigenvalue weighted by molar-refractivity contribution is 0.464. The molecular formula is C97H96BN5O2. The van der Waals surface area contributed by atoms with Crippen LogP contribution in [0.25, 0.3) is 116 Å². The van der Waals surface area contributed by atoms with Crippen LogP contribution in [0.3, 0.4) is 0 Å². The number of benzene rings is 10. The maximum absolute atomic E-state index is 7.47. The Balaban J connectivity index is 0.886. The minimum absolute atomic E-state index is 0.0461. The molecule has 105 heavy (non-hydrogen) atoms. The van der Waals surface area contributed by atoms with Crippen molar-refractivity contribution in [2.45, 2.75) is 177 Å². The predicted molar refractivity (Wildman–Crippen MR) is 445 cm³/mol. The number of fused-ring (bicyclic) bond motifs is 13. The van der Waals surface area contributed by atoms with Crippen LogP contribution < -0.4 is 25.9 Å². The van der Waals surface area contributed by atoms with Gasteiger partial charge in [-0.3, -0.25) is 9.13 Å². The SMILES string of the molecule is CC(C)c1cccc(-c2cc(-c3ccc4c(c3)B3c5cc(-c6cccc(-n7c8cc(C(C)(C)C)ccc8c8ccc(C(C)(C)C)cc87)n6)ccc5Oc5cc(-n6c7ccc(C(C)(C)C)cc7c7cc(C(C)(C)C)ccc76)cc(c53)O4)nc(-n3c4cc(C(C)(C)C)ccc4c4ccc(C(C)(C)C)cc43)c2)c1. The lowest BCUT2D eigenvalue weighted by Crippen LogP contribution is -2.57. The first kappa shape index (κ1) is 67.7. The van der Waals surface area contributed by atoms with E-state index in [4.69, 9.17) is 19.4 Å². The molecule has 0 aliphatic carbocycles. The minimum atomic E-state index is -0.320. The Kier molecular flexibility index (Phi) is 15.2. The van der Waals surface area contributed by atoms with Crippen molar-refractivity contribution in [2.24, 2.45) is 0 Å². The second-order valence-corrected chi connectivity index (χ2v) is 36.7. The van der Waals surface area contributed by atoms with Crippen LogP contribution in [0.15, 0.2) is 212 Å². The van der Waals surface area contributed by atoms with Gasteiger partial charge in [0.1, 0.15) is 34.6 Å². The molecule has 0 spiro atoms. The Morgan fingerprint density at radius 2 is 0.695 bits per heavy atom. The molecule has 7 heterocycles. The fourth-order valence-corrected chi connectivity index (χ4v) is 16.3. The Hall–Kier alpha value is -10.4. The smallest absolute Gasteiger partial charge is 0.260 e. The van der Waals surface area contributed by atoms with Crippen molar-refractivity contribution in [2.75, 3.05) is 0 Å². The van der Waals surface area contributed by atoms with Crippen molar-refractivity contribution >= 4 is 88.5 Å². The van der Waals surface area contributed by atoms with Gasteiger partial charge in [0.05, 0.1) is 50.2 Å². The van der Waals surface area contributed by atoms with Crippen molar-refractivity contribution in [3.63, 3.8) is 0 Å². The highest BCUT2D eigenvalue weighted by Gasteiger charge is 2.42. The quantitative estimate of drug-likeness (QED) is 0.149. The van der Waals surface area contributed by atoms with Gasteiger partial charge in [-0.05, 0) is 208 Å². The van der Waals surface area contributed by atoms with Gasteiger partial charge in [0.2, 0.25) is 0 Å². The van der Waals surface area contributed by atoms with Crippen molar-refractivity contribution in [3.05, 3.63) is 251 Å². The lowest BCUT2D eigenvalue weighted by Gasteiger charge is -2.34.